The number of hydrogen-bond acceptors (Lipinski definition) is 2. The summed E-state index contributed by atoms with van der Waals surface area (Å²) in [5.41, 5.74) is 0.397. The third-order valence-electron chi connectivity index (χ3n) is 1.65. The van der Waals surface area contributed by atoms with Gasteiger partial charge in [0.15, 0.2) is 0 Å². The fourth-order valence-corrected chi connectivity index (χ4v) is 1.28. The van der Waals surface area contributed by atoms with Crippen LogP contribution in [0.3, 0.4) is 0 Å². The highest BCUT2D eigenvalue weighted by atomic mass is 127. The van der Waals surface area contributed by atoms with Gasteiger partial charge in [-0.1, -0.05) is 0 Å². The SMILES string of the molecule is OCCCNc1cc(F)c(I)c(F)c1. The fraction of sp³-hybridized carbons (Fsp3) is 0.333. The van der Waals surface area contributed by atoms with Crippen molar-refractivity contribution in [3.05, 3.63) is 27.3 Å². The molecule has 0 aromatic heterocycles. The Labute approximate surface area is 94.5 Å². The maximum absolute atomic E-state index is 13.0. The first-order valence-corrected chi connectivity index (χ1v) is 5.22. The Kier molecular flexibility index (Phi) is 4.53. The van der Waals surface area contributed by atoms with Crippen molar-refractivity contribution in [1.29, 1.82) is 0 Å². The van der Waals surface area contributed by atoms with E-state index in [9.17, 15) is 8.78 Å². The highest BCUT2D eigenvalue weighted by Crippen LogP contribution is 2.20. The van der Waals surface area contributed by atoms with E-state index in [0.29, 0.717) is 18.7 Å². The zero-order chi connectivity index (χ0) is 10.6. The first-order chi connectivity index (χ1) is 6.65. The number of aliphatic hydroxyl groups is 1. The second-order valence-electron chi connectivity index (χ2n) is 2.76. The van der Waals surface area contributed by atoms with Gasteiger partial charge in [-0.2, -0.15) is 0 Å². The lowest BCUT2D eigenvalue weighted by Gasteiger charge is -2.06. The molecule has 1 aromatic rings. The van der Waals surface area contributed by atoms with Crippen LogP contribution < -0.4 is 5.32 Å². The van der Waals surface area contributed by atoms with Crippen molar-refractivity contribution in [1.82, 2.24) is 0 Å². The summed E-state index contributed by atoms with van der Waals surface area (Å²) < 4.78 is 26.0. The molecule has 5 heteroatoms. The predicted octanol–water partition coefficient (Wildman–Crippen LogP) is 2.36. The highest BCUT2D eigenvalue weighted by molar-refractivity contribution is 14.1. The molecule has 0 fully saturated rings. The summed E-state index contributed by atoms with van der Waals surface area (Å²) >= 11 is 1.61. The second-order valence-corrected chi connectivity index (χ2v) is 3.84. The van der Waals surface area contributed by atoms with Crippen LogP contribution in [0, 0.1) is 15.2 Å². The largest absolute Gasteiger partial charge is 0.396 e. The van der Waals surface area contributed by atoms with Crippen LogP contribution in [0.2, 0.25) is 0 Å². The van der Waals surface area contributed by atoms with Crippen molar-refractivity contribution >= 4 is 28.3 Å². The average molecular weight is 313 g/mol. The lowest BCUT2D eigenvalue weighted by atomic mass is 10.3. The zero-order valence-corrected chi connectivity index (χ0v) is 9.51. The highest BCUT2D eigenvalue weighted by Gasteiger charge is 2.07. The van der Waals surface area contributed by atoms with Crippen molar-refractivity contribution in [2.45, 2.75) is 6.42 Å². The van der Waals surface area contributed by atoms with E-state index in [-0.39, 0.29) is 10.2 Å². The number of halogens is 3. The minimum absolute atomic E-state index is 0.00434. The van der Waals surface area contributed by atoms with E-state index in [1.165, 1.54) is 12.1 Å². The number of anilines is 1. The number of rotatable bonds is 4. The number of benzene rings is 1. The average Bonchev–Trinajstić information content (AvgIpc) is 2.14. The van der Waals surface area contributed by atoms with E-state index < -0.39 is 11.6 Å². The van der Waals surface area contributed by atoms with Crippen molar-refractivity contribution in [3.8, 4) is 0 Å². The van der Waals surface area contributed by atoms with Crippen LogP contribution in [0.15, 0.2) is 12.1 Å². The number of hydrogen-bond donors (Lipinski definition) is 2. The first-order valence-electron chi connectivity index (χ1n) is 4.14. The van der Waals surface area contributed by atoms with Crippen molar-refractivity contribution in [3.63, 3.8) is 0 Å². The van der Waals surface area contributed by atoms with Gasteiger partial charge in [-0.25, -0.2) is 8.78 Å². The minimum atomic E-state index is -0.572. The van der Waals surface area contributed by atoms with Crippen LogP contribution in [0.5, 0.6) is 0 Å². The summed E-state index contributed by atoms with van der Waals surface area (Å²) in [4.78, 5) is 0. The molecule has 2 nitrogen and oxygen atoms in total. The van der Waals surface area contributed by atoms with Crippen molar-refractivity contribution in [2.24, 2.45) is 0 Å². The lowest BCUT2D eigenvalue weighted by molar-refractivity contribution is 0.292. The third kappa shape index (κ3) is 3.06. The van der Waals surface area contributed by atoms with Gasteiger partial charge < -0.3 is 10.4 Å². The molecule has 0 amide bonds. The van der Waals surface area contributed by atoms with Crippen LogP contribution in [0.4, 0.5) is 14.5 Å². The Morgan fingerprint density at radius 1 is 1.29 bits per heavy atom. The molecule has 0 bridgehead atoms. The van der Waals surface area contributed by atoms with Crippen LogP contribution in [0.25, 0.3) is 0 Å². The maximum Gasteiger partial charge on any atom is 0.141 e. The molecule has 0 saturated heterocycles. The smallest absolute Gasteiger partial charge is 0.141 e. The van der Waals surface area contributed by atoms with Gasteiger partial charge in [0.05, 0.1) is 3.57 Å². The molecule has 0 aliphatic heterocycles. The molecule has 0 aliphatic carbocycles. The topological polar surface area (TPSA) is 32.3 Å². The van der Waals surface area contributed by atoms with Crippen LogP contribution in [-0.2, 0) is 0 Å². The van der Waals surface area contributed by atoms with E-state index in [0.717, 1.165) is 0 Å². The first kappa shape index (κ1) is 11.6. The van der Waals surface area contributed by atoms with Gasteiger partial charge in [-0.3, -0.25) is 0 Å². The van der Waals surface area contributed by atoms with Gasteiger partial charge in [-0.15, -0.1) is 0 Å². The normalized spacial score (nSPS) is 10.3. The summed E-state index contributed by atoms with van der Waals surface area (Å²) in [5.74, 6) is -1.14. The maximum atomic E-state index is 13.0. The van der Waals surface area contributed by atoms with E-state index in [1.807, 2.05) is 0 Å². The van der Waals surface area contributed by atoms with Gasteiger partial charge >= 0.3 is 0 Å². The molecule has 0 unspecified atom stereocenters. The van der Waals surface area contributed by atoms with Crippen LogP contribution in [0.1, 0.15) is 6.42 Å². The molecule has 1 aromatic carbocycles. The molecular formula is C9H10F2INO. The molecule has 78 valence electrons. The Morgan fingerprint density at radius 2 is 1.86 bits per heavy atom. The van der Waals surface area contributed by atoms with Gasteiger partial charge in [0, 0.05) is 18.8 Å². The van der Waals surface area contributed by atoms with Crippen molar-refractivity contribution < 1.29 is 13.9 Å². The van der Waals surface area contributed by atoms with E-state index in [1.54, 1.807) is 22.6 Å². The van der Waals surface area contributed by atoms with Crippen molar-refractivity contribution in [2.75, 3.05) is 18.5 Å². The molecule has 0 heterocycles. The Hall–Kier alpha value is -0.430. The number of nitrogens with one attached hydrogen (secondary N) is 1. The van der Waals surface area contributed by atoms with E-state index >= 15 is 0 Å². The van der Waals surface area contributed by atoms with Gasteiger partial charge in [-0.05, 0) is 41.1 Å². The quantitative estimate of drug-likeness (QED) is 0.508. The van der Waals surface area contributed by atoms with Crippen LogP contribution >= 0.6 is 22.6 Å². The second kappa shape index (κ2) is 5.45. The van der Waals surface area contributed by atoms with Gasteiger partial charge in [0.25, 0.3) is 0 Å². The van der Waals surface area contributed by atoms with Gasteiger partial charge in [0.2, 0.25) is 0 Å². The Balaban J connectivity index is 2.69. The van der Waals surface area contributed by atoms with E-state index in [2.05, 4.69) is 5.32 Å². The standard InChI is InChI=1S/C9H10F2INO/c10-7-4-6(13-2-1-3-14)5-8(11)9(7)12/h4-5,13-14H,1-3H2. The summed E-state index contributed by atoms with van der Waals surface area (Å²) in [7, 11) is 0. The third-order valence-corrected chi connectivity index (χ3v) is 2.68. The minimum Gasteiger partial charge on any atom is -0.396 e. The van der Waals surface area contributed by atoms with E-state index in [4.69, 9.17) is 5.11 Å². The summed E-state index contributed by atoms with van der Waals surface area (Å²) in [6, 6.07) is 2.48. The Bertz CT molecular complexity index is 297. The molecule has 0 aliphatic rings. The molecule has 0 spiro atoms. The summed E-state index contributed by atoms with van der Waals surface area (Å²) in [6.07, 6.45) is 0.551. The summed E-state index contributed by atoms with van der Waals surface area (Å²) in [5, 5.41) is 11.3. The summed E-state index contributed by atoms with van der Waals surface area (Å²) in [6.45, 7) is 0.554. The fourth-order valence-electron chi connectivity index (χ4n) is 0.969. The molecule has 0 radical (unpaired) electrons. The predicted molar refractivity (Wildman–Crippen MR) is 59.3 cm³/mol. The molecule has 1 rings (SSSR count). The zero-order valence-electron chi connectivity index (χ0n) is 7.36. The van der Waals surface area contributed by atoms with Crippen LogP contribution in [-0.4, -0.2) is 18.3 Å². The lowest BCUT2D eigenvalue weighted by Crippen LogP contribution is -2.04. The monoisotopic (exact) mass is 313 g/mol. The molecular weight excluding hydrogens is 303 g/mol. The van der Waals surface area contributed by atoms with Gasteiger partial charge in [0.1, 0.15) is 11.6 Å². The molecule has 0 atom stereocenters. The number of aliphatic hydroxyl groups excluding tert-OH is 1. The molecule has 2 N–H and O–H groups in total. The molecule has 0 saturated carbocycles. The Morgan fingerprint density at radius 3 is 2.36 bits per heavy atom. The molecule has 14 heavy (non-hydrogen) atoms.